The van der Waals surface area contributed by atoms with Crippen molar-refractivity contribution < 1.29 is 59.9 Å². The number of phenols is 5. The first-order chi connectivity index (χ1) is 56.3. The van der Waals surface area contributed by atoms with Crippen molar-refractivity contribution in [1.29, 1.82) is 0 Å². The number of aromatic nitrogens is 2. The lowest BCUT2D eigenvalue weighted by atomic mass is 9.48. The number of carbonyl (C=O) groups excluding carboxylic acids is 1. The first-order valence-electron chi connectivity index (χ1n) is 43.6. The molecule has 25 rings (SSSR count). The Hall–Kier alpha value is -9.04. The van der Waals surface area contributed by atoms with E-state index in [-0.39, 0.29) is 76.6 Å². The topological polar surface area (TPSA) is 340 Å². The maximum Gasteiger partial charge on any atom is 0.237 e. The molecule has 23 nitrogen and oxygen atoms in total. The molecule has 23 heteroatoms. The molecule has 2 aromatic heterocycles. The van der Waals surface area contributed by atoms with Gasteiger partial charge in [-0.3, -0.25) is 19.5 Å². The molecule has 0 radical (unpaired) electrons. The Morgan fingerprint density at radius 3 is 1.63 bits per heavy atom. The maximum atomic E-state index is 13.4. The van der Waals surface area contributed by atoms with Crippen LogP contribution in [0.25, 0.3) is 10.9 Å². The van der Waals surface area contributed by atoms with Crippen molar-refractivity contribution in [3.8, 4) is 46.0 Å². The summed E-state index contributed by atoms with van der Waals surface area (Å²) in [6.07, 6.45) is 13.2. The predicted molar refractivity (Wildman–Crippen MR) is 439 cm³/mol. The van der Waals surface area contributed by atoms with Crippen molar-refractivity contribution in [2.45, 2.75) is 224 Å². The number of aromatic hydroxyl groups is 5. The molecule has 4 saturated heterocycles. The number of phenolic OH excluding ortho intramolecular Hbond substituents is 5. The number of rotatable bonds is 13. The largest absolute Gasteiger partial charge is 0.508 e. The number of aromatic amines is 2. The minimum Gasteiger partial charge on any atom is -0.508 e. The van der Waals surface area contributed by atoms with E-state index in [0.29, 0.717) is 91.1 Å². The molecule has 8 aliphatic heterocycles. The van der Waals surface area contributed by atoms with E-state index in [4.69, 9.17) is 25.7 Å². The summed E-state index contributed by atoms with van der Waals surface area (Å²) < 4.78 is 20.4. The van der Waals surface area contributed by atoms with Gasteiger partial charge in [-0.1, -0.05) is 64.1 Å². The molecule has 6 bridgehead atoms. The molecule has 612 valence electrons. The van der Waals surface area contributed by atoms with Gasteiger partial charge in [0.15, 0.2) is 58.8 Å². The molecule has 16 N–H and O–H groups in total. The number of nitrogens with one attached hydrogen (secondary N) is 4. The van der Waals surface area contributed by atoms with Crippen molar-refractivity contribution in [3.05, 3.63) is 181 Å². The third-order valence-corrected chi connectivity index (χ3v) is 32.9. The lowest BCUT2D eigenvalue weighted by molar-refractivity contribution is -0.173. The summed E-state index contributed by atoms with van der Waals surface area (Å²) in [6, 6.07) is 30.1. The van der Waals surface area contributed by atoms with Crippen LogP contribution in [0.4, 0.5) is 5.69 Å². The van der Waals surface area contributed by atoms with Crippen LogP contribution in [-0.4, -0.2) is 188 Å². The molecule has 8 aromatic rings. The van der Waals surface area contributed by atoms with E-state index in [1.54, 1.807) is 36.4 Å². The normalized spacial score (nSPS) is 34.3. The van der Waals surface area contributed by atoms with Gasteiger partial charge in [-0.15, -0.1) is 0 Å². The summed E-state index contributed by atoms with van der Waals surface area (Å²) in [5.74, 6) is 5.59. The highest BCUT2D eigenvalue weighted by Gasteiger charge is 2.79. The van der Waals surface area contributed by atoms with E-state index in [1.807, 2.05) is 48.5 Å². The second-order valence-electron chi connectivity index (χ2n) is 39.5. The van der Waals surface area contributed by atoms with Gasteiger partial charge in [0, 0.05) is 117 Å². The van der Waals surface area contributed by atoms with Crippen LogP contribution in [0.5, 0.6) is 46.0 Å². The number of guanidine groups is 1. The molecule has 3 saturated carbocycles. The summed E-state index contributed by atoms with van der Waals surface area (Å²) >= 11 is 0. The monoisotopic (exact) mass is 1580 g/mol. The molecule has 117 heavy (non-hydrogen) atoms. The number of piperidine rings is 3. The minimum atomic E-state index is -1.09. The van der Waals surface area contributed by atoms with Crippen molar-refractivity contribution in [2.24, 2.45) is 46.0 Å². The van der Waals surface area contributed by atoms with Crippen molar-refractivity contribution in [1.82, 2.24) is 40.2 Å². The van der Waals surface area contributed by atoms with Crippen LogP contribution >= 0.6 is 0 Å². The van der Waals surface area contributed by atoms with Crippen molar-refractivity contribution in [2.75, 3.05) is 58.9 Å². The number of aliphatic imine (C=N–C) groups is 1. The fourth-order valence-corrected chi connectivity index (χ4v) is 26.4. The predicted octanol–water partition coefficient (Wildman–Crippen LogP) is 9.46. The molecule has 17 aliphatic rings. The van der Waals surface area contributed by atoms with E-state index in [9.17, 15) is 45.6 Å². The van der Waals surface area contributed by atoms with Gasteiger partial charge in [-0.05, 0) is 249 Å². The first kappa shape index (κ1) is 73.1. The van der Waals surface area contributed by atoms with Crippen molar-refractivity contribution in [3.63, 3.8) is 0 Å². The van der Waals surface area contributed by atoms with Gasteiger partial charge in [0.25, 0.3) is 0 Å². The zero-order valence-corrected chi connectivity index (χ0v) is 67.2. The van der Waals surface area contributed by atoms with Gasteiger partial charge in [-0.2, -0.15) is 0 Å². The van der Waals surface area contributed by atoms with Crippen LogP contribution in [0.2, 0.25) is 0 Å². The first-order valence-corrected chi connectivity index (χ1v) is 43.6. The third kappa shape index (κ3) is 10.3. The summed E-state index contributed by atoms with van der Waals surface area (Å²) in [6.45, 7) is 17.9. The second kappa shape index (κ2) is 25.3. The number of fused-ring (bicyclic) bond motifs is 10. The van der Waals surface area contributed by atoms with Crippen LogP contribution in [0, 0.1) is 29.6 Å². The lowest BCUT2D eigenvalue weighted by Gasteiger charge is -2.63. The molecule has 1 unspecified atom stereocenters. The molecule has 6 aromatic carbocycles. The molecule has 1 amide bonds. The van der Waals surface area contributed by atoms with Crippen LogP contribution in [0.3, 0.4) is 0 Å². The van der Waals surface area contributed by atoms with Gasteiger partial charge in [0.1, 0.15) is 11.5 Å². The fraction of sp³-hybridized carbons (Fsp3) is 0.532. The Bertz CT molecular complexity index is 5550. The second-order valence-corrected chi connectivity index (χ2v) is 39.5. The zero-order valence-electron chi connectivity index (χ0n) is 67.2. The van der Waals surface area contributed by atoms with E-state index < -0.39 is 45.3 Å². The molecule has 10 heterocycles. The summed E-state index contributed by atoms with van der Waals surface area (Å²) in [7, 11) is 0. The Morgan fingerprint density at radius 2 is 1.09 bits per heavy atom. The maximum absolute atomic E-state index is 13.4. The molecule has 9 aliphatic carbocycles. The van der Waals surface area contributed by atoms with Crippen LogP contribution in [-0.2, 0) is 77.9 Å². The standard InChI is InChI=1S/C39H41N3O6.C28H39N3O3.C27H29N5O3/c43-24-7-5-20-11-26-38(45)13-22-23-14-39(46)27-12-21-6-8-25(44)33-29(21)37(39,17-42(27)16-19-3-4-19)35(48-33)31(23)40-30(22)34-36(38,28(20)32(24)47-34)9-10-41(26)15-18-1-2-18;1-18(2)26(30-27(34)25-13-20-8-9-24(33)12-21(20)15-29-25)17-31-11-10-28(4,19(3)16-31)22-6-5-7-23(32)14-22;28-25(29)30-15-4-5-18-16(10-15)17-11-27(34)20-9-14-3-6-19(33)23-21(14)26(27,24(35-23)22(17)31-18)7-8-32(20)12-13-1-2-13/h5-8,18-19,26-27,34-35,40,43-46H,1-4,9-17H2;5-9,12,14,18-19,25-26,29,32-33H,10-11,13,15-17H2,1-4H3,(H,30,34);3-6,10,13,20,24,31,33-34H,1-2,7-9,11-12H2,(H4,28,29,30)/t26-,27-,34+,35+,36+,37+,38-,39-;19-,25+,26?,28+;20-,24+,26+,27-/m101/s1. The van der Waals surface area contributed by atoms with Crippen LogP contribution in [0.15, 0.2) is 102 Å². The molecule has 7 fully saturated rings. The molecule has 16 atom stereocenters. The smallest absolute Gasteiger partial charge is 0.237 e. The number of aliphatic hydroxyl groups is 3. The number of ether oxygens (including phenoxy) is 3. The molecule has 3 spiro atoms. The zero-order chi connectivity index (χ0) is 79.8. The number of amides is 1. The number of H-pyrrole nitrogens is 2. The van der Waals surface area contributed by atoms with Gasteiger partial charge >= 0.3 is 0 Å². The lowest BCUT2D eigenvalue weighted by Crippen LogP contribution is -2.74. The minimum absolute atomic E-state index is 0.00457. The fourth-order valence-electron chi connectivity index (χ4n) is 26.4. The van der Waals surface area contributed by atoms with E-state index in [1.165, 1.54) is 60.8 Å². The number of nitrogens with two attached hydrogens (primary N) is 2. The average Bonchev–Trinajstić information content (AvgIpc) is 1.49. The van der Waals surface area contributed by atoms with Gasteiger partial charge in [0.2, 0.25) is 5.91 Å². The Kier molecular flexibility index (Phi) is 15.8. The number of carbonyl (C=O) groups is 1. The Morgan fingerprint density at radius 1 is 0.573 bits per heavy atom. The van der Waals surface area contributed by atoms with Gasteiger partial charge < -0.3 is 92.0 Å². The highest BCUT2D eigenvalue weighted by molar-refractivity contribution is 5.90. The summed E-state index contributed by atoms with van der Waals surface area (Å²) in [5, 5.41) is 100. The molecular formula is C94H109N11O12. The van der Waals surface area contributed by atoms with Gasteiger partial charge in [0.05, 0.1) is 61.9 Å². The average molecular weight is 1580 g/mol. The number of hydrogen-bond donors (Lipinski definition) is 14. The third-order valence-electron chi connectivity index (χ3n) is 32.9. The van der Waals surface area contributed by atoms with Crippen molar-refractivity contribution >= 4 is 28.5 Å². The quantitative estimate of drug-likeness (QED) is 0.0377. The Balaban J connectivity index is 0.000000106. The number of likely N-dealkylation sites (tertiary alicyclic amines) is 4. The number of benzene rings is 6. The SMILES string of the molecule is CC(C)C(CN1CC[C@@](C)(c2cccc(O)c2)[C@@H](C)C1)NC(=O)[C@H]1Cc2ccc(O)cc2CN1.NC(N)=Nc1ccc2[nH]c3c(c2c1)C[C@@]1(O)[C@H]2Cc4ccc(O)c5c4[C@@]1(CCN2CC1CC1)[C@H]3O5.Oc1ccc2c3c1O[C@H]1c4[nH]c5c(c4C[C@@]4(O)[C@@H](C2)N(CC2CC2)CC[C@]314)C[C@@]1(O)[C@H]2Cc3ccc(O)c4c3[C@@]1(CN2CC1CC1)[C@H]5O4. The van der Waals surface area contributed by atoms with Gasteiger partial charge in [-0.25, -0.2) is 4.99 Å². The summed E-state index contributed by atoms with van der Waals surface area (Å²) in [4.78, 5) is 35.0. The number of hydrogen-bond acceptors (Lipinski definition) is 18. The highest BCUT2D eigenvalue weighted by Crippen LogP contribution is 2.74. The van der Waals surface area contributed by atoms with E-state index in [0.717, 1.165) is 169 Å². The Labute approximate surface area is 680 Å². The highest BCUT2D eigenvalue weighted by atomic mass is 16.5. The number of nitrogens with zero attached hydrogens (tertiary/aromatic N) is 5. The van der Waals surface area contributed by atoms with Crippen LogP contribution < -0.4 is 36.3 Å². The van der Waals surface area contributed by atoms with Crippen LogP contribution in [0.1, 0.15) is 188 Å². The summed E-state index contributed by atoms with van der Waals surface area (Å²) in [5.41, 5.74) is 23.9. The van der Waals surface area contributed by atoms with E-state index in [2.05, 4.69) is 85.0 Å². The molecular weight excluding hydrogens is 1480 g/mol. The van der Waals surface area contributed by atoms with E-state index >= 15 is 0 Å².